The lowest BCUT2D eigenvalue weighted by Crippen LogP contribution is -2.41. The van der Waals surface area contributed by atoms with Crippen molar-refractivity contribution in [3.05, 3.63) is 34.9 Å². The molecule has 21 heavy (non-hydrogen) atoms. The van der Waals surface area contributed by atoms with Crippen LogP contribution in [0.1, 0.15) is 24.9 Å². The molecule has 1 aliphatic rings. The maximum absolute atomic E-state index is 12.0. The minimum atomic E-state index is -0.533. The summed E-state index contributed by atoms with van der Waals surface area (Å²) in [7, 11) is 0. The van der Waals surface area contributed by atoms with Crippen molar-refractivity contribution in [1.29, 1.82) is 0 Å². The fourth-order valence-electron chi connectivity index (χ4n) is 2.12. The van der Waals surface area contributed by atoms with Gasteiger partial charge in [-0.15, -0.1) is 0 Å². The molecule has 2 N–H and O–H groups in total. The van der Waals surface area contributed by atoms with Gasteiger partial charge in [0.25, 0.3) is 5.91 Å². The van der Waals surface area contributed by atoms with Crippen LogP contribution in [0, 0.1) is 0 Å². The van der Waals surface area contributed by atoms with Gasteiger partial charge in [0.05, 0.1) is 12.6 Å². The lowest BCUT2D eigenvalue weighted by molar-refractivity contribution is -0.130. The second-order valence-electron chi connectivity index (χ2n) is 4.72. The highest BCUT2D eigenvalue weighted by Gasteiger charge is 2.30. The highest BCUT2D eigenvalue weighted by Crippen LogP contribution is 2.19. The first-order valence-electron chi connectivity index (χ1n) is 6.64. The van der Waals surface area contributed by atoms with Crippen molar-refractivity contribution in [2.75, 3.05) is 13.1 Å². The fraction of sp³-hybridized carbons (Fsp3) is 0.357. The first-order chi connectivity index (χ1) is 10.0. The number of nitrogens with one attached hydrogen (secondary N) is 2. The molecule has 0 aliphatic carbocycles. The zero-order valence-corrected chi connectivity index (χ0v) is 12.3. The standard InChI is InChI=1S/C14H16ClN3O3/c1-2-11(9-3-5-10(15)6-4-9)17-12(19)8-18-13(20)7-16-14(18)21/h3-6,11H,2,7-8H2,1H3,(H,16,21)(H,17,19). The fourth-order valence-corrected chi connectivity index (χ4v) is 2.24. The van der Waals surface area contributed by atoms with Gasteiger partial charge in [-0.05, 0) is 24.1 Å². The summed E-state index contributed by atoms with van der Waals surface area (Å²) in [5, 5.41) is 5.81. The molecule has 112 valence electrons. The molecule has 6 nitrogen and oxygen atoms in total. The number of halogens is 1. The third-order valence-corrected chi connectivity index (χ3v) is 3.51. The molecule has 0 spiro atoms. The van der Waals surface area contributed by atoms with Crippen LogP contribution in [0.3, 0.4) is 0 Å². The smallest absolute Gasteiger partial charge is 0.325 e. The number of urea groups is 1. The SMILES string of the molecule is CCC(NC(=O)CN1C(=O)CNC1=O)c1ccc(Cl)cc1. The Bertz CT molecular complexity index is 543. The van der Waals surface area contributed by atoms with Gasteiger partial charge in [-0.1, -0.05) is 30.7 Å². The molecule has 1 aliphatic heterocycles. The summed E-state index contributed by atoms with van der Waals surface area (Å²) < 4.78 is 0. The number of nitrogens with zero attached hydrogens (tertiary/aromatic N) is 1. The van der Waals surface area contributed by atoms with Gasteiger partial charge in [0, 0.05) is 5.02 Å². The second-order valence-corrected chi connectivity index (χ2v) is 5.15. The normalized spacial score (nSPS) is 15.8. The molecule has 0 aromatic heterocycles. The molecule has 0 bridgehead atoms. The zero-order chi connectivity index (χ0) is 15.4. The van der Waals surface area contributed by atoms with E-state index >= 15 is 0 Å². The van der Waals surface area contributed by atoms with Crippen LogP contribution >= 0.6 is 11.6 Å². The number of carbonyl (C=O) groups is 3. The first kappa shape index (κ1) is 15.3. The van der Waals surface area contributed by atoms with Gasteiger partial charge in [-0.25, -0.2) is 4.79 Å². The first-order valence-corrected chi connectivity index (χ1v) is 7.02. The summed E-state index contributed by atoms with van der Waals surface area (Å²) >= 11 is 5.83. The van der Waals surface area contributed by atoms with E-state index in [1.807, 2.05) is 19.1 Å². The van der Waals surface area contributed by atoms with E-state index in [0.717, 1.165) is 10.5 Å². The molecular formula is C14H16ClN3O3. The molecule has 1 fully saturated rings. The van der Waals surface area contributed by atoms with E-state index in [1.54, 1.807) is 12.1 Å². The summed E-state index contributed by atoms with van der Waals surface area (Å²) in [6, 6.07) is 6.46. The van der Waals surface area contributed by atoms with Crippen molar-refractivity contribution < 1.29 is 14.4 Å². The predicted molar refractivity (Wildman–Crippen MR) is 77.7 cm³/mol. The molecule has 1 heterocycles. The molecule has 1 aromatic carbocycles. The van der Waals surface area contributed by atoms with Crippen LogP contribution in [-0.2, 0) is 9.59 Å². The molecule has 1 saturated heterocycles. The Hall–Kier alpha value is -2.08. The van der Waals surface area contributed by atoms with E-state index in [9.17, 15) is 14.4 Å². The van der Waals surface area contributed by atoms with Crippen LogP contribution in [-0.4, -0.2) is 35.8 Å². The second kappa shape index (κ2) is 6.58. The molecule has 0 radical (unpaired) electrons. The van der Waals surface area contributed by atoms with Crippen LogP contribution in [0.25, 0.3) is 0 Å². The van der Waals surface area contributed by atoms with Crippen LogP contribution in [0.2, 0.25) is 5.02 Å². The summed E-state index contributed by atoms with van der Waals surface area (Å²) in [5.74, 6) is -0.767. The number of carbonyl (C=O) groups excluding carboxylic acids is 3. The molecule has 1 atom stereocenters. The minimum Gasteiger partial charge on any atom is -0.348 e. The van der Waals surface area contributed by atoms with Crippen molar-refractivity contribution in [3.63, 3.8) is 0 Å². The van der Waals surface area contributed by atoms with Crippen LogP contribution in [0.5, 0.6) is 0 Å². The van der Waals surface area contributed by atoms with E-state index in [2.05, 4.69) is 10.6 Å². The van der Waals surface area contributed by atoms with Crippen LogP contribution < -0.4 is 10.6 Å². The maximum Gasteiger partial charge on any atom is 0.325 e. The number of imide groups is 1. The summed E-state index contributed by atoms with van der Waals surface area (Å²) in [4.78, 5) is 35.7. The Morgan fingerprint density at radius 1 is 1.38 bits per heavy atom. The highest BCUT2D eigenvalue weighted by molar-refractivity contribution is 6.30. The Kier molecular flexibility index (Phi) is 4.80. The highest BCUT2D eigenvalue weighted by atomic mass is 35.5. The van der Waals surface area contributed by atoms with Gasteiger partial charge in [-0.2, -0.15) is 0 Å². The lowest BCUT2D eigenvalue weighted by atomic mass is 10.0. The quantitative estimate of drug-likeness (QED) is 0.808. The van der Waals surface area contributed by atoms with E-state index in [-0.39, 0.29) is 25.0 Å². The number of benzene rings is 1. The van der Waals surface area contributed by atoms with Crippen molar-refractivity contribution >= 4 is 29.4 Å². The summed E-state index contributed by atoms with van der Waals surface area (Å²) in [6.45, 7) is 1.61. The van der Waals surface area contributed by atoms with Crippen LogP contribution in [0.4, 0.5) is 4.79 Å². The molecule has 1 aromatic rings. The van der Waals surface area contributed by atoms with Crippen molar-refractivity contribution in [1.82, 2.24) is 15.5 Å². The largest absolute Gasteiger partial charge is 0.348 e. The predicted octanol–water partition coefficient (Wildman–Crippen LogP) is 1.46. The van der Waals surface area contributed by atoms with Crippen molar-refractivity contribution in [3.8, 4) is 0 Å². The van der Waals surface area contributed by atoms with E-state index in [4.69, 9.17) is 11.6 Å². The molecule has 0 saturated carbocycles. The summed E-state index contributed by atoms with van der Waals surface area (Å²) in [6.07, 6.45) is 0.688. The maximum atomic E-state index is 12.0. The van der Waals surface area contributed by atoms with E-state index in [0.29, 0.717) is 11.4 Å². The number of amides is 4. The Balaban J connectivity index is 1.98. The Morgan fingerprint density at radius 2 is 2.05 bits per heavy atom. The topological polar surface area (TPSA) is 78.5 Å². The number of rotatable bonds is 5. The zero-order valence-electron chi connectivity index (χ0n) is 11.6. The lowest BCUT2D eigenvalue weighted by Gasteiger charge is -2.19. The number of hydrogen-bond donors (Lipinski definition) is 2. The van der Waals surface area contributed by atoms with Gasteiger partial charge in [-0.3, -0.25) is 14.5 Å². The Labute approximate surface area is 127 Å². The number of hydrogen-bond acceptors (Lipinski definition) is 3. The average Bonchev–Trinajstić information content (AvgIpc) is 2.78. The molecule has 2 rings (SSSR count). The van der Waals surface area contributed by atoms with Crippen LogP contribution in [0.15, 0.2) is 24.3 Å². The average molecular weight is 310 g/mol. The third-order valence-electron chi connectivity index (χ3n) is 3.25. The van der Waals surface area contributed by atoms with E-state index < -0.39 is 11.9 Å². The molecule has 7 heteroatoms. The summed E-state index contributed by atoms with van der Waals surface area (Å²) in [5.41, 5.74) is 0.924. The molecular weight excluding hydrogens is 294 g/mol. The minimum absolute atomic E-state index is 0.0551. The van der Waals surface area contributed by atoms with Crippen molar-refractivity contribution in [2.24, 2.45) is 0 Å². The van der Waals surface area contributed by atoms with Gasteiger partial charge in [0.15, 0.2) is 0 Å². The Morgan fingerprint density at radius 3 is 2.57 bits per heavy atom. The molecule has 4 amide bonds. The van der Waals surface area contributed by atoms with Gasteiger partial charge in [0.1, 0.15) is 6.54 Å². The molecule has 1 unspecified atom stereocenters. The van der Waals surface area contributed by atoms with Gasteiger partial charge < -0.3 is 10.6 Å². The van der Waals surface area contributed by atoms with Gasteiger partial charge >= 0.3 is 6.03 Å². The van der Waals surface area contributed by atoms with E-state index in [1.165, 1.54) is 0 Å². The van der Waals surface area contributed by atoms with Crippen molar-refractivity contribution in [2.45, 2.75) is 19.4 Å². The third kappa shape index (κ3) is 3.72. The van der Waals surface area contributed by atoms with Gasteiger partial charge in [0.2, 0.25) is 5.91 Å². The monoisotopic (exact) mass is 309 g/mol.